The van der Waals surface area contributed by atoms with Gasteiger partial charge in [-0.15, -0.1) is 0 Å². The van der Waals surface area contributed by atoms with Gasteiger partial charge in [-0.25, -0.2) is 22.1 Å². The summed E-state index contributed by atoms with van der Waals surface area (Å²) >= 11 is 0. The molecule has 1 aromatic rings. The number of halogens is 5. The van der Waals surface area contributed by atoms with Crippen molar-refractivity contribution in [3.05, 3.63) is 35.4 Å². The van der Waals surface area contributed by atoms with Gasteiger partial charge < -0.3 is 0 Å². The second kappa shape index (κ2) is 6.64. The first kappa shape index (κ1) is 19.7. The van der Waals surface area contributed by atoms with E-state index in [1.807, 2.05) is 0 Å². The predicted molar refractivity (Wildman–Crippen MR) is 76.1 cm³/mol. The molecular weight excluding hydrogens is 341 g/mol. The van der Waals surface area contributed by atoms with Gasteiger partial charge in [-0.05, 0) is 26.8 Å². The molecule has 1 unspecified atom stereocenters. The van der Waals surface area contributed by atoms with Crippen molar-refractivity contribution in [3.8, 4) is 0 Å². The molecule has 0 amide bonds. The number of hydrogen-bond donors (Lipinski definition) is 1. The number of alkyl halides is 3. The van der Waals surface area contributed by atoms with Crippen LogP contribution in [0.2, 0.25) is 0 Å². The minimum atomic E-state index is -4.47. The van der Waals surface area contributed by atoms with Crippen LogP contribution in [0.15, 0.2) is 18.2 Å². The molecule has 0 saturated heterocycles. The van der Waals surface area contributed by atoms with Crippen LogP contribution >= 0.6 is 0 Å². The van der Waals surface area contributed by atoms with Gasteiger partial charge in [0.15, 0.2) is 23.5 Å². The number of rotatable bonds is 6. The van der Waals surface area contributed by atoms with Gasteiger partial charge in [0.1, 0.15) is 6.67 Å². The highest BCUT2D eigenvalue weighted by atomic mass is 32.2. The molecule has 0 aromatic heterocycles. The monoisotopic (exact) mass is 357 g/mol. The maximum Gasteiger partial charge on any atom is 0.327 e. The van der Waals surface area contributed by atoms with E-state index < -0.39 is 57.4 Å². The minimum Gasteiger partial charge on any atom is -0.297 e. The molecule has 0 fully saturated rings. The molecule has 0 saturated carbocycles. The smallest absolute Gasteiger partial charge is 0.297 e. The van der Waals surface area contributed by atoms with Crippen LogP contribution in [-0.4, -0.2) is 27.8 Å². The van der Waals surface area contributed by atoms with Gasteiger partial charge in [-0.1, -0.05) is 12.1 Å². The number of carbonyl (C=O) groups is 1. The van der Waals surface area contributed by atoms with Crippen LogP contribution < -0.4 is 4.72 Å². The molecule has 0 spiro atoms. The van der Waals surface area contributed by atoms with E-state index in [1.54, 1.807) is 4.72 Å². The molecule has 0 heterocycles. The van der Waals surface area contributed by atoms with Gasteiger partial charge >= 0.3 is 5.92 Å². The van der Waals surface area contributed by atoms with Gasteiger partial charge in [-0.3, -0.25) is 4.79 Å². The summed E-state index contributed by atoms with van der Waals surface area (Å²) < 4.78 is 82.0. The summed E-state index contributed by atoms with van der Waals surface area (Å²) in [7, 11) is -2.29. The lowest BCUT2D eigenvalue weighted by molar-refractivity contribution is -0.144. The highest BCUT2D eigenvalue weighted by molar-refractivity contribution is 7.84. The number of aldehydes is 1. The summed E-state index contributed by atoms with van der Waals surface area (Å²) in [4.78, 5) is 10.8. The standard InChI is InChI=1S/C14H16F5NO2S/c1-12(2,3)23(22)20-13(7-15,14(18,19)8-21)9-5-4-6-10(16)11(9)17/h4-6,8,20H,7H2,1-3H3/t13-,23?/m1/s1. The van der Waals surface area contributed by atoms with Crippen molar-refractivity contribution in [1.82, 2.24) is 4.72 Å². The van der Waals surface area contributed by atoms with Crippen LogP contribution in [0.5, 0.6) is 0 Å². The van der Waals surface area contributed by atoms with E-state index in [-0.39, 0.29) is 0 Å². The average molecular weight is 357 g/mol. The number of hydrogen-bond acceptors (Lipinski definition) is 2. The van der Waals surface area contributed by atoms with E-state index in [0.717, 1.165) is 6.07 Å². The molecule has 0 aliphatic rings. The Hall–Kier alpha value is -1.35. The second-order valence-electron chi connectivity index (χ2n) is 5.86. The zero-order valence-corrected chi connectivity index (χ0v) is 13.4. The van der Waals surface area contributed by atoms with Crippen molar-refractivity contribution in [2.45, 2.75) is 37.0 Å². The zero-order chi connectivity index (χ0) is 18.1. The molecule has 9 heteroatoms. The molecule has 2 atom stereocenters. The Labute approximate surface area is 132 Å². The van der Waals surface area contributed by atoms with Crippen LogP contribution in [0.25, 0.3) is 0 Å². The van der Waals surface area contributed by atoms with Gasteiger partial charge in [0.25, 0.3) is 0 Å². The van der Waals surface area contributed by atoms with Crippen LogP contribution in [0.1, 0.15) is 26.3 Å². The summed E-state index contributed by atoms with van der Waals surface area (Å²) in [6.07, 6.45) is -0.885. The molecule has 0 bridgehead atoms. The van der Waals surface area contributed by atoms with Crippen LogP contribution in [-0.2, 0) is 21.3 Å². The molecule has 1 rings (SSSR count). The molecule has 130 valence electrons. The largest absolute Gasteiger partial charge is 0.327 e. The normalized spacial score (nSPS) is 16.7. The van der Waals surface area contributed by atoms with Gasteiger partial charge in [0, 0.05) is 5.56 Å². The van der Waals surface area contributed by atoms with Crippen LogP contribution in [0.3, 0.4) is 0 Å². The molecule has 0 radical (unpaired) electrons. The van der Waals surface area contributed by atoms with Gasteiger partial charge in [-0.2, -0.15) is 8.78 Å². The summed E-state index contributed by atoms with van der Waals surface area (Å²) in [6, 6.07) is 2.25. The third-order valence-electron chi connectivity index (χ3n) is 3.15. The Morgan fingerprint density at radius 1 is 1.22 bits per heavy atom. The van der Waals surface area contributed by atoms with E-state index in [4.69, 9.17) is 0 Å². The molecule has 23 heavy (non-hydrogen) atoms. The SMILES string of the molecule is CC(C)(C)S(=O)N[C@](CF)(c1cccc(F)c1F)C(F)(F)C=O. The summed E-state index contributed by atoms with van der Waals surface area (Å²) in [6.45, 7) is 2.22. The fourth-order valence-corrected chi connectivity index (χ4v) is 2.66. The van der Waals surface area contributed by atoms with Crippen molar-refractivity contribution in [3.63, 3.8) is 0 Å². The van der Waals surface area contributed by atoms with Crippen molar-refractivity contribution in [2.75, 3.05) is 6.67 Å². The molecule has 0 aliphatic heterocycles. The lowest BCUT2D eigenvalue weighted by Crippen LogP contribution is -2.61. The zero-order valence-electron chi connectivity index (χ0n) is 12.6. The maximum absolute atomic E-state index is 14.1. The van der Waals surface area contributed by atoms with Crippen LogP contribution in [0.4, 0.5) is 22.0 Å². The minimum absolute atomic E-state index is 0.654. The van der Waals surface area contributed by atoms with Crippen molar-refractivity contribution in [1.29, 1.82) is 0 Å². The lowest BCUT2D eigenvalue weighted by Gasteiger charge is -2.38. The van der Waals surface area contributed by atoms with Crippen molar-refractivity contribution >= 4 is 17.3 Å². The van der Waals surface area contributed by atoms with Crippen molar-refractivity contribution < 1.29 is 31.0 Å². The second-order valence-corrected chi connectivity index (χ2v) is 7.83. The quantitative estimate of drug-likeness (QED) is 0.628. The fourth-order valence-electron chi connectivity index (χ4n) is 1.74. The topological polar surface area (TPSA) is 46.2 Å². The van der Waals surface area contributed by atoms with E-state index >= 15 is 0 Å². The summed E-state index contributed by atoms with van der Waals surface area (Å²) in [5.41, 5.74) is -4.41. The number of benzene rings is 1. The highest BCUT2D eigenvalue weighted by Crippen LogP contribution is 2.39. The maximum atomic E-state index is 14.1. The molecule has 3 nitrogen and oxygen atoms in total. The van der Waals surface area contributed by atoms with Gasteiger partial charge in [0.2, 0.25) is 0 Å². The Balaban J connectivity index is 3.63. The Morgan fingerprint density at radius 2 is 1.78 bits per heavy atom. The van der Waals surface area contributed by atoms with E-state index in [0.29, 0.717) is 12.1 Å². The fraction of sp³-hybridized carbons (Fsp3) is 0.500. The summed E-state index contributed by atoms with van der Waals surface area (Å²) in [5.74, 6) is -7.72. The average Bonchev–Trinajstić information content (AvgIpc) is 2.46. The molecule has 0 aliphatic carbocycles. The van der Waals surface area contributed by atoms with Crippen LogP contribution in [0, 0.1) is 11.6 Å². The third kappa shape index (κ3) is 3.60. The number of carbonyl (C=O) groups excluding carboxylic acids is 1. The Bertz CT molecular complexity index is 618. The first-order valence-electron chi connectivity index (χ1n) is 6.47. The molecule has 1 N–H and O–H groups in total. The Morgan fingerprint density at radius 3 is 2.22 bits per heavy atom. The Kier molecular flexibility index (Phi) is 5.69. The molecular formula is C14H16F5NO2S. The first-order valence-corrected chi connectivity index (χ1v) is 7.62. The van der Waals surface area contributed by atoms with E-state index in [2.05, 4.69) is 0 Å². The summed E-state index contributed by atoms with van der Waals surface area (Å²) in [5, 5.41) is 0. The van der Waals surface area contributed by atoms with Gasteiger partial charge in [0.05, 0.1) is 15.7 Å². The van der Waals surface area contributed by atoms with E-state index in [9.17, 15) is 31.0 Å². The predicted octanol–water partition coefficient (Wildman–Crippen LogP) is 3.02. The first-order chi connectivity index (χ1) is 10.4. The highest BCUT2D eigenvalue weighted by Gasteiger charge is 2.58. The van der Waals surface area contributed by atoms with E-state index in [1.165, 1.54) is 20.8 Å². The number of nitrogens with one attached hydrogen (secondary N) is 1. The van der Waals surface area contributed by atoms with Crippen molar-refractivity contribution in [2.24, 2.45) is 0 Å². The lowest BCUT2D eigenvalue weighted by atomic mass is 9.85. The molecule has 1 aromatic carbocycles. The third-order valence-corrected chi connectivity index (χ3v) is 4.80.